The van der Waals surface area contributed by atoms with E-state index in [1.54, 1.807) is 0 Å². The highest BCUT2D eigenvalue weighted by atomic mass is 16.3. The predicted octanol–water partition coefficient (Wildman–Crippen LogP) is 2.80. The number of piperidine rings is 2. The molecule has 1 amide bonds. The molecular formula is C20H26N2O3. The van der Waals surface area contributed by atoms with Crippen LogP contribution < -0.4 is 0 Å². The molecule has 3 heterocycles. The van der Waals surface area contributed by atoms with Gasteiger partial charge in [0.15, 0.2) is 0 Å². The molecule has 0 unspecified atom stereocenters. The van der Waals surface area contributed by atoms with Gasteiger partial charge in [0.05, 0.1) is 11.7 Å². The molecule has 134 valence electrons. The Kier molecular flexibility index (Phi) is 4.52. The van der Waals surface area contributed by atoms with E-state index in [4.69, 9.17) is 4.42 Å². The van der Waals surface area contributed by atoms with Gasteiger partial charge in [0, 0.05) is 31.1 Å². The summed E-state index contributed by atoms with van der Waals surface area (Å²) in [5, 5.41) is 10.9. The normalized spacial score (nSPS) is 23.3. The number of hydrogen-bond acceptors (Lipinski definition) is 4. The minimum atomic E-state index is -0.187. The fourth-order valence-electron chi connectivity index (χ4n) is 4.28. The van der Waals surface area contributed by atoms with Gasteiger partial charge in [0.2, 0.25) is 0 Å². The molecule has 2 saturated heterocycles. The number of rotatable bonds is 2. The van der Waals surface area contributed by atoms with Gasteiger partial charge in [0.1, 0.15) is 11.3 Å². The van der Waals surface area contributed by atoms with Crippen LogP contribution in [0.4, 0.5) is 0 Å². The van der Waals surface area contributed by atoms with Gasteiger partial charge in [-0.05, 0) is 51.3 Å². The molecule has 5 nitrogen and oxygen atoms in total. The van der Waals surface area contributed by atoms with Crippen LogP contribution in [0.5, 0.6) is 0 Å². The molecule has 2 aromatic rings. The van der Waals surface area contributed by atoms with Gasteiger partial charge in [-0.2, -0.15) is 0 Å². The average Bonchev–Trinajstić information content (AvgIpc) is 3.01. The first-order valence-electron chi connectivity index (χ1n) is 9.32. The van der Waals surface area contributed by atoms with Gasteiger partial charge < -0.3 is 14.4 Å². The molecule has 1 N–H and O–H groups in total. The van der Waals surface area contributed by atoms with Crippen LogP contribution in [-0.2, 0) is 0 Å². The molecule has 2 fully saturated rings. The van der Waals surface area contributed by atoms with Crippen molar-refractivity contribution in [2.24, 2.45) is 0 Å². The maximum Gasteiger partial charge on any atom is 0.257 e. The molecule has 4 rings (SSSR count). The Morgan fingerprint density at radius 2 is 2.00 bits per heavy atom. The van der Waals surface area contributed by atoms with E-state index < -0.39 is 0 Å². The number of fused-ring (bicyclic) bond motifs is 1. The zero-order valence-corrected chi connectivity index (χ0v) is 14.8. The third-order valence-corrected chi connectivity index (χ3v) is 5.59. The lowest BCUT2D eigenvalue weighted by molar-refractivity contribution is 0.0241. The molecule has 5 heteroatoms. The van der Waals surface area contributed by atoms with E-state index in [9.17, 15) is 9.90 Å². The summed E-state index contributed by atoms with van der Waals surface area (Å²) < 4.78 is 5.76. The van der Waals surface area contributed by atoms with Crippen molar-refractivity contribution in [2.75, 3.05) is 26.2 Å². The first-order chi connectivity index (χ1) is 12.1. The number of likely N-dealkylation sites (tertiary alicyclic amines) is 2. The number of aryl methyl sites for hydroxylation is 1. The average molecular weight is 342 g/mol. The molecule has 1 atom stereocenters. The highest BCUT2D eigenvalue weighted by molar-refractivity contribution is 6.05. The number of hydrogen-bond donors (Lipinski definition) is 1. The molecule has 25 heavy (non-hydrogen) atoms. The van der Waals surface area contributed by atoms with Crippen molar-refractivity contribution in [2.45, 2.75) is 44.8 Å². The van der Waals surface area contributed by atoms with E-state index in [0.29, 0.717) is 17.2 Å². The Hall–Kier alpha value is -1.85. The number of carbonyl (C=O) groups excluding carboxylic acids is 1. The van der Waals surface area contributed by atoms with Crippen LogP contribution in [0, 0.1) is 6.92 Å². The maximum atomic E-state index is 13.0. The molecular weight excluding hydrogens is 316 g/mol. The fourth-order valence-corrected chi connectivity index (χ4v) is 4.28. The van der Waals surface area contributed by atoms with E-state index in [1.165, 1.54) is 0 Å². The Bertz CT molecular complexity index is 761. The summed E-state index contributed by atoms with van der Waals surface area (Å²) in [6.45, 7) is 5.30. The van der Waals surface area contributed by atoms with Crippen LogP contribution in [0.2, 0.25) is 0 Å². The Labute approximate surface area is 148 Å². The van der Waals surface area contributed by atoms with Gasteiger partial charge in [-0.3, -0.25) is 9.69 Å². The summed E-state index contributed by atoms with van der Waals surface area (Å²) >= 11 is 0. The zero-order chi connectivity index (χ0) is 17.4. The van der Waals surface area contributed by atoms with E-state index in [1.807, 2.05) is 36.1 Å². The van der Waals surface area contributed by atoms with Crippen LogP contribution in [-0.4, -0.2) is 59.1 Å². The van der Waals surface area contributed by atoms with E-state index in [0.717, 1.165) is 63.0 Å². The highest BCUT2D eigenvalue weighted by Crippen LogP contribution is 2.26. The van der Waals surface area contributed by atoms with Gasteiger partial charge in [-0.1, -0.05) is 12.1 Å². The van der Waals surface area contributed by atoms with Crippen molar-refractivity contribution in [1.82, 2.24) is 9.80 Å². The highest BCUT2D eigenvalue weighted by Gasteiger charge is 2.30. The van der Waals surface area contributed by atoms with Crippen LogP contribution in [0.25, 0.3) is 11.0 Å². The third-order valence-electron chi connectivity index (χ3n) is 5.59. The van der Waals surface area contributed by atoms with Crippen molar-refractivity contribution >= 4 is 16.9 Å². The Morgan fingerprint density at radius 3 is 2.76 bits per heavy atom. The Morgan fingerprint density at radius 1 is 1.20 bits per heavy atom. The standard InChI is InChI=1S/C20H26N2O3/c1-14-12-15-4-2-6-18(19(15)25-14)20(24)21-10-7-16(8-11-21)22-9-3-5-17(23)13-22/h2,4,6,12,16-17,23H,3,5,7-11,13H2,1H3/t17-/m0/s1. The van der Waals surface area contributed by atoms with Crippen LogP contribution in [0.3, 0.4) is 0 Å². The summed E-state index contributed by atoms with van der Waals surface area (Å²) in [6.07, 6.45) is 3.76. The van der Waals surface area contributed by atoms with Crippen LogP contribution in [0.15, 0.2) is 28.7 Å². The summed E-state index contributed by atoms with van der Waals surface area (Å²) in [5.74, 6) is 0.898. The second-order valence-corrected chi connectivity index (χ2v) is 7.40. The fraction of sp³-hybridized carbons (Fsp3) is 0.550. The molecule has 0 radical (unpaired) electrons. The van der Waals surface area contributed by atoms with Gasteiger partial charge in [-0.25, -0.2) is 0 Å². The molecule has 0 saturated carbocycles. The molecule has 0 aliphatic carbocycles. The SMILES string of the molecule is Cc1cc2cccc(C(=O)N3CCC(N4CCC[C@H](O)C4)CC3)c2o1. The molecule has 0 spiro atoms. The second-order valence-electron chi connectivity index (χ2n) is 7.40. The molecule has 0 bridgehead atoms. The minimum Gasteiger partial charge on any atom is -0.461 e. The van der Waals surface area contributed by atoms with Crippen molar-refractivity contribution in [1.29, 1.82) is 0 Å². The van der Waals surface area contributed by atoms with Gasteiger partial charge in [0.25, 0.3) is 5.91 Å². The number of β-amino-alcohol motifs (C(OH)–C–C–N with tert-alkyl or cyclic N) is 1. The van der Waals surface area contributed by atoms with Gasteiger partial charge >= 0.3 is 0 Å². The van der Waals surface area contributed by atoms with Crippen molar-refractivity contribution in [3.8, 4) is 0 Å². The lowest BCUT2D eigenvalue weighted by Crippen LogP contribution is -2.50. The largest absolute Gasteiger partial charge is 0.461 e. The zero-order valence-electron chi connectivity index (χ0n) is 14.8. The smallest absolute Gasteiger partial charge is 0.257 e. The van der Waals surface area contributed by atoms with Crippen LogP contribution >= 0.6 is 0 Å². The lowest BCUT2D eigenvalue weighted by Gasteiger charge is -2.41. The second kappa shape index (κ2) is 6.81. The summed E-state index contributed by atoms with van der Waals surface area (Å²) in [6, 6.07) is 8.23. The summed E-state index contributed by atoms with van der Waals surface area (Å²) in [7, 11) is 0. The number of carbonyl (C=O) groups is 1. The number of benzene rings is 1. The Balaban J connectivity index is 1.44. The topological polar surface area (TPSA) is 56.9 Å². The molecule has 2 aliphatic heterocycles. The molecule has 1 aromatic heterocycles. The number of nitrogens with zero attached hydrogens (tertiary/aromatic N) is 2. The van der Waals surface area contributed by atoms with E-state index in [-0.39, 0.29) is 12.0 Å². The lowest BCUT2D eigenvalue weighted by atomic mass is 9.98. The monoisotopic (exact) mass is 342 g/mol. The number of para-hydroxylation sites is 1. The quantitative estimate of drug-likeness (QED) is 0.912. The summed E-state index contributed by atoms with van der Waals surface area (Å²) in [5.41, 5.74) is 1.36. The predicted molar refractivity (Wildman–Crippen MR) is 96.7 cm³/mol. The van der Waals surface area contributed by atoms with Gasteiger partial charge in [-0.15, -0.1) is 0 Å². The first kappa shape index (κ1) is 16.6. The first-order valence-corrected chi connectivity index (χ1v) is 9.32. The van der Waals surface area contributed by atoms with Crippen LogP contribution in [0.1, 0.15) is 41.8 Å². The van der Waals surface area contributed by atoms with Crippen molar-refractivity contribution in [3.05, 3.63) is 35.6 Å². The van der Waals surface area contributed by atoms with Crippen molar-refractivity contribution in [3.63, 3.8) is 0 Å². The number of aliphatic hydroxyl groups is 1. The minimum absolute atomic E-state index is 0.0667. The molecule has 2 aliphatic rings. The summed E-state index contributed by atoms with van der Waals surface area (Å²) in [4.78, 5) is 17.3. The number of furan rings is 1. The maximum absolute atomic E-state index is 13.0. The van der Waals surface area contributed by atoms with E-state index >= 15 is 0 Å². The third kappa shape index (κ3) is 3.31. The molecule has 1 aromatic carbocycles. The van der Waals surface area contributed by atoms with Crippen molar-refractivity contribution < 1.29 is 14.3 Å². The number of aliphatic hydroxyl groups excluding tert-OH is 1. The number of amides is 1. The van der Waals surface area contributed by atoms with E-state index in [2.05, 4.69) is 4.90 Å².